The Labute approximate surface area is 139 Å². The Kier molecular flexibility index (Phi) is 3.30. The summed E-state index contributed by atoms with van der Waals surface area (Å²) >= 11 is 0. The molecule has 4 fully saturated rings. The maximum atomic E-state index is 11.8. The van der Waals surface area contributed by atoms with Crippen molar-refractivity contribution in [1.29, 1.82) is 0 Å². The molecule has 0 aromatic rings. The number of hydrogen-bond donors (Lipinski definition) is 2. The molecule has 2 bridgehead atoms. The van der Waals surface area contributed by atoms with Crippen molar-refractivity contribution in [3.8, 4) is 0 Å². The Balaban J connectivity index is 1.76. The molecule has 2 N–H and O–H groups in total. The third kappa shape index (κ3) is 1.89. The van der Waals surface area contributed by atoms with Crippen molar-refractivity contribution in [3.05, 3.63) is 12.2 Å². The van der Waals surface area contributed by atoms with Gasteiger partial charge in [-0.15, -0.1) is 0 Å². The minimum absolute atomic E-state index is 0.0250. The van der Waals surface area contributed by atoms with Crippen LogP contribution >= 0.6 is 0 Å². The standard InChI is InChI=1S/C20H30O3/c1-11-12(2)20-7-6-16-15(18(22)23)8-14(21)10-19(16,3)17(20)5-4-13(11)9-20/h12-17,21H,1,4-10H2,2-3H3,(H,22,23)/t12-,13?,14+,15+,16?,17?,19+,20?/m0/s1. The van der Waals surface area contributed by atoms with Crippen LogP contribution in [-0.4, -0.2) is 22.3 Å². The molecule has 4 aliphatic rings. The lowest BCUT2D eigenvalue weighted by Gasteiger charge is -2.62. The van der Waals surface area contributed by atoms with Crippen LogP contribution in [0.15, 0.2) is 12.2 Å². The first-order valence-corrected chi connectivity index (χ1v) is 9.39. The second-order valence-electron chi connectivity index (χ2n) is 9.25. The van der Waals surface area contributed by atoms with Crippen molar-refractivity contribution in [3.63, 3.8) is 0 Å². The van der Waals surface area contributed by atoms with Gasteiger partial charge in [-0.25, -0.2) is 0 Å². The lowest BCUT2D eigenvalue weighted by Crippen LogP contribution is -2.58. The quantitative estimate of drug-likeness (QED) is 0.722. The van der Waals surface area contributed by atoms with Crippen molar-refractivity contribution >= 4 is 5.97 Å². The van der Waals surface area contributed by atoms with Crippen molar-refractivity contribution in [2.24, 2.45) is 40.4 Å². The lowest BCUT2D eigenvalue weighted by molar-refractivity contribution is -0.178. The third-order valence-electron chi connectivity index (χ3n) is 8.64. The van der Waals surface area contributed by atoms with Gasteiger partial charge in [-0.1, -0.05) is 26.0 Å². The summed E-state index contributed by atoms with van der Waals surface area (Å²) in [7, 11) is 0. The largest absolute Gasteiger partial charge is 0.481 e. The van der Waals surface area contributed by atoms with Crippen LogP contribution in [-0.2, 0) is 4.79 Å². The number of hydrogen-bond acceptors (Lipinski definition) is 2. The minimum Gasteiger partial charge on any atom is -0.481 e. The van der Waals surface area contributed by atoms with Crippen LogP contribution < -0.4 is 0 Å². The summed E-state index contributed by atoms with van der Waals surface area (Å²) < 4.78 is 0. The van der Waals surface area contributed by atoms with E-state index in [1.807, 2.05) is 0 Å². The molecule has 4 rings (SSSR count). The molecule has 0 amide bonds. The van der Waals surface area contributed by atoms with E-state index in [0.717, 1.165) is 19.3 Å². The molecule has 0 aliphatic heterocycles. The molecule has 23 heavy (non-hydrogen) atoms. The summed E-state index contributed by atoms with van der Waals surface area (Å²) in [5, 5.41) is 20.1. The van der Waals surface area contributed by atoms with Gasteiger partial charge in [0.2, 0.25) is 0 Å². The monoisotopic (exact) mass is 318 g/mol. The first-order valence-electron chi connectivity index (χ1n) is 9.39. The van der Waals surface area contributed by atoms with Crippen LogP contribution in [0.25, 0.3) is 0 Å². The van der Waals surface area contributed by atoms with Crippen molar-refractivity contribution in [1.82, 2.24) is 0 Å². The molecular formula is C20H30O3. The van der Waals surface area contributed by atoms with Crippen molar-refractivity contribution in [2.45, 2.75) is 64.9 Å². The summed E-state index contributed by atoms with van der Waals surface area (Å²) in [5.74, 6) is 0.963. The zero-order valence-corrected chi connectivity index (χ0v) is 14.4. The number of rotatable bonds is 1. The molecule has 0 heterocycles. The van der Waals surface area contributed by atoms with Crippen molar-refractivity contribution in [2.75, 3.05) is 0 Å². The van der Waals surface area contributed by atoms with E-state index in [-0.39, 0.29) is 17.3 Å². The highest BCUT2D eigenvalue weighted by Crippen LogP contribution is 2.72. The highest BCUT2D eigenvalue weighted by molar-refractivity contribution is 5.71. The van der Waals surface area contributed by atoms with Gasteiger partial charge in [-0.05, 0) is 79.4 Å². The topological polar surface area (TPSA) is 57.5 Å². The Morgan fingerprint density at radius 1 is 1.26 bits per heavy atom. The number of aliphatic hydroxyl groups excluding tert-OH is 1. The van der Waals surface area contributed by atoms with E-state index in [1.54, 1.807) is 0 Å². The van der Waals surface area contributed by atoms with Gasteiger partial charge in [0, 0.05) is 0 Å². The Bertz CT molecular complexity index is 555. The van der Waals surface area contributed by atoms with Crippen LogP contribution in [0.4, 0.5) is 0 Å². The van der Waals surface area contributed by atoms with E-state index in [1.165, 1.54) is 24.8 Å². The van der Waals surface area contributed by atoms with Gasteiger partial charge in [-0.2, -0.15) is 0 Å². The minimum atomic E-state index is -0.700. The fourth-order valence-corrected chi connectivity index (χ4v) is 7.64. The fraction of sp³-hybridized carbons (Fsp3) is 0.850. The second-order valence-corrected chi connectivity index (χ2v) is 9.25. The summed E-state index contributed by atoms with van der Waals surface area (Å²) in [5.41, 5.74) is 1.74. The summed E-state index contributed by atoms with van der Waals surface area (Å²) in [6.07, 6.45) is 6.62. The maximum absolute atomic E-state index is 11.8. The smallest absolute Gasteiger partial charge is 0.306 e. The third-order valence-corrected chi connectivity index (χ3v) is 8.64. The lowest BCUT2D eigenvalue weighted by atomic mass is 9.42. The summed E-state index contributed by atoms with van der Waals surface area (Å²) in [4.78, 5) is 11.8. The van der Waals surface area contributed by atoms with Gasteiger partial charge in [0.1, 0.15) is 0 Å². The first-order chi connectivity index (χ1) is 10.8. The molecule has 0 aromatic carbocycles. The van der Waals surface area contributed by atoms with Gasteiger partial charge >= 0.3 is 5.97 Å². The average Bonchev–Trinajstić information content (AvgIpc) is 2.66. The Morgan fingerprint density at radius 3 is 2.70 bits per heavy atom. The fourth-order valence-electron chi connectivity index (χ4n) is 7.64. The Morgan fingerprint density at radius 2 is 2.00 bits per heavy atom. The van der Waals surface area contributed by atoms with E-state index >= 15 is 0 Å². The zero-order valence-electron chi connectivity index (χ0n) is 14.4. The number of allylic oxidation sites excluding steroid dienone is 1. The van der Waals surface area contributed by atoms with Gasteiger partial charge in [0.25, 0.3) is 0 Å². The number of aliphatic carboxylic acids is 1. The van der Waals surface area contributed by atoms with E-state index in [0.29, 0.717) is 29.6 Å². The van der Waals surface area contributed by atoms with E-state index in [9.17, 15) is 15.0 Å². The highest BCUT2D eigenvalue weighted by atomic mass is 16.4. The van der Waals surface area contributed by atoms with E-state index < -0.39 is 12.1 Å². The molecule has 3 nitrogen and oxygen atoms in total. The first kappa shape index (κ1) is 15.7. The number of aliphatic hydroxyl groups is 1. The normalized spacial score (nSPS) is 55.2. The number of carboxylic acids is 1. The predicted octanol–water partition coefficient (Wildman–Crippen LogP) is 3.87. The number of carbonyl (C=O) groups is 1. The van der Waals surface area contributed by atoms with Gasteiger partial charge in [0.15, 0.2) is 0 Å². The molecule has 0 radical (unpaired) electrons. The van der Waals surface area contributed by atoms with E-state index in [2.05, 4.69) is 20.4 Å². The van der Waals surface area contributed by atoms with Crippen LogP contribution in [0.2, 0.25) is 0 Å². The molecule has 4 saturated carbocycles. The van der Waals surface area contributed by atoms with Crippen molar-refractivity contribution < 1.29 is 15.0 Å². The van der Waals surface area contributed by atoms with Gasteiger partial charge in [-0.3, -0.25) is 4.79 Å². The SMILES string of the molecule is C=C1C2CCC3C(CCC4[C@H](C(=O)O)C[C@@H](O)C[C@]43C)(C2)[C@H]1C. The summed E-state index contributed by atoms with van der Waals surface area (Å²) in [6, 6.07) is 0. The molecule has 4 unspecified atom stereocenters. The van der Waals surface area contributed by atoms with Crippen LogP contribution in [0.1, 0.15) is 58.8 Å². The predicted molar refractivity (Wildman–Crippen MR) is 88.8 cm³/mol. The maximum Gasteiger partial charge on any atom is 0.306 e. The summed E-state index contributed by atoms with van der Waals surface area (Å²) in [6.45, 7) is 9.07. The number of carboxylic acid groups (broad SMARTS) is 1. The highest BCUT2D eigenvalue weighted by Gasteiger charge is 2.65. The van der Waals surface area contributed by atoms with Gasteiger partial charge in [0.05, 0.1) is 12.0 Å². The Hall–Kier alpha value is -0.830. The van der Waals surface area contributed by atoms with Crippen LogP contribution in [0.5, 0.6) is 0 Å². The zero-order chi connectivity index (χ0) is 16.6. The molecule has 3 heteroatoms. The molecule has 0 saturated heterocycles. The van der Waals surface area contributed by atoms with Crippen LogP contribution in [0.3, 0.4) is 0 Å². The average molecular weight is 318 g/mol. The molecule has 8 atom stereocenters. The van der Waals surface area contributed by atoms with Gasteiger partial charge < -0.3 is 10.2 Å². The van der Waals surface area contributed by atoms with E-state index in [4.69, 9.17) is 0 Å². The number of fused-ring (bicyclic) bond motifs is 3. The molecule has 4 aliphatic carbocycles. The van der Waals surface area contributed by atoms with Crippen LogP contribution in [0, 0.1) is 40.4 Å². The molecular weight excluding hydrogens is 288 g/mol. The molecule has 1 spiro atoms. The molecule has 128 valence electrons. The second kappa shape index (κ2) is 4.84. The molecule has 0 aromatic heterocycles.